The predicted octanol–water partition coefficient (Wildman–Crippen LogP) is 2.87. The fraction of sp³-hybridized carbons (Fsp3) is 0.429. The lowest BCUT2D eigenvalue weighted by Crippen LogP contribution is -2.45. The van der Waals surface area contributed by atoms with E-state index in [9.17, 15) is 4.79 Å². The molecule has 0 bridgehead atoms. The topological polar surface area (TPSA) is 52.9 Å². The van der Waals surface area contributed by atoms with Crippen LogP contribution >= 0.6 is 0 Å². The molecule has 1 aromatic rings. The zero-order valence-electron chi connectivity index (χ0n) is 10.2. The average Bonchev–Trinajstić information content (AvgIpc) is 2.24. The van der Waals surface area contributed by atoms with E-state index in [4.69, 9.17) is 5.26 Å². The van der Waals surface area contributed by atoms with Crippen molar-refractivity contribution in [3.63, 3.8) is 0 Å². The molecule has 0 saturated heterocycles. The first-order valence-electron chi connectivity index (χ1n) is 5.85. The summed E-state index contributed by atoms with van der Waals surface area (Å²) in [5, 5.41) is 12.0. The molecule has 88 valence electrons. The molecule has 3 nitrogen and oxygen atoms in total. The third-order valence-corrected chi connectivity index (χ3v) is 3.32. The van der Waals surface area contributed by atoms with Crippen molar-refractivity contribution < 1.29 is 4.79 Å². The van der Waals surface area contributed by atoms with Crippen LogP contribution in [0.1, 0.15) is 25.3 Å². The Morgan fingerprint density at radius 3 is 2.76 bits per heavy atom. The maximum absolute atomic E-state index is 12.1. The highest BCUT2D eigenvalue weighted by Crippen LogP contribution is 2.45. The van der Waals surface area contributed by atoms with Crippen LogP contribution in [0.2, 0.25) is 0 Å². The first-order chi connectivity index (χ1) is 8.05. The van der Waals surface area contributed by atoms with Gasteiger partial charge >= 0.3 is 0 Å². The standard InChI is InChI=1S/C14H16N2O/c1-10-4-3-5-12(6-10)16-13(17)14(9-15)7-11(2)8-14/h3-6,11H,7-8H2,1-2H3,(H,16,17). The number of hydrogen-bond acceptors (Lipinski definition) is 2. The number of anilines is 1. The fourth-order valence-electron chi connectivity index (χ4n) is 2.43. The number of amides is 1. The second kappa shape index (κ2) is 4.21. The maximum Gasteiger partial charge on any atom is 0.244 e. The molecule has 0 radical (unpaired) electrons. The lowest BCUT2D eigenvalue weighted by Gasteiger charge is -2.39. The van der Waals surface area contributed by atoms with Crippen molar-refractivity contribution in [3.8, 4) is 6.07 Å². The van der Waals surface area contributed by atoms with E-state index in [1.807, 2.05) is 31.2 Å². The van der Waals surface area contributed by atoms with E-state index in [1.54, 1.807) is 0 Å². The molecule has 1 amide bonds. The summed E-state index contributed by atoms with van der Waals surface area (Å²) in [4.78, 5) is 12.1. The van der Waals surface area contributed by atoms with Crippen molar-refractivity contribution in [1.82, 2.24) is 0 Å². The van der Waals surface area contributed by atoms with Crippen molar-refractivity contribution in [1.29, 1.82) is 5.26 Å². The van der Waals surface area contributed by atoms with Crippen molar-refractivity contribution in [3.05, 3.63) is 29.8 Å². The number of benzene rings is 1. The zero-order chi connectivity index (χ0) is 12.5. The van der Waals surface area contributed by atoms with Crippen molar-refractivity contribution >= 4 is 11.6 Å². The Bertz CT molecular complexity index is 481. The molecule has 1 aromatic carbocycles. The number of aryl methyl sites for hydroxylation is 1. The minimum Gasteiger partial charge on any atom is -0.325 e. The minimum absolute atomic E-state index is 0.163. The second-order valence-corrected chi connectivity index (χ2v) is 5.03. The van der Waals surface area contributed by atoms with Gasteiger partial charge in [0.2, 0.25) is 5.91 Å². The van der Waals surface area contributed by atoms with E-state index < -0.39 is 5.41 Å². The molecule has 1 N–H and O–H groups in total. The van der Waals surface area contributed by atoms with Crippen molar-refractivity contribution in [2.75, 3.05) is 5.32 Å². The molecule has 1 saturated carbocycles. The van der Waals surface area contributed by atoms with Crippen LogP contribution in [0.4, 0.5) is 5.69 Å². The van der Waals surface area contributed by atoms with E-state index in [0.717, 1.165) is 11.3 Å². The van der Waals surface area contributed by atoms with E-state index >= 15 is 0 Å². The third-order valence-electron chi connectivity index (χ3n) is 3.32. The van der Waals surface area contributed by atoms with Gasteiger partial charge in [-0.25, -0.2) is 0 Å². The van der Waals surface area contributed by atoms with Gasteiger partial charge in [0.1, 0.15) is 5.41 Å². The molecular formula is C14H16N2O. The van der Waals surface area contributed by atoms with Crippen LogP contribution in [0.15, 0.2) is 24.3 Å². The molecule has 0 heterocycles. The van der Waals surface area contributed by atoms with Gasteiger partial charge in [0, 0.05) is 5.69 Å². The summed E-state index contributed by atoms with van der Waals surface area (Å²) in [6.45, 7) is 4.04. The van der Waals surface area contributed by atoms with Gasteiger partial charge < -0.3 is 5.32 Å². The van der Waals surface area contributed by atoms with E-state index in [0.29, 0.717) is 18.8 Å². The molecule has 1 aliphatic rings. The number of nitriles is 1. The first kappa shape index (κ1) is 11.7. The third kappa shape index (κ3) is 2.16. The van der Waals surface area contributed by atoms with E-state index in [2.05, 4.69) is 18.3 Å². The van der Waals surface area contributed by atoms with Crippen LogP contribution in [0.25, 0.3) is 0 Å². The summed E-state index contributed by atoms with van der Waals surface area (Å²) in [5.41, 5.74) is 1.06. The summed E-state index contributed by atoms with van der Waals surface area (Å²) in [6.07, 6.45) is 1.34. The summed E-state index contributed by atoms with van der Waals surface area (Å²) in [7, 11) is 0. The molecule has 0 aromatic heterocycles. The molecule has 1 aliphatic carbocycles. The maximum atomic E-state index is 12.1. The Hall–Kier alpha value is -1.82. The number of hydrogen-bond donors (Lipinski definition) is 1. The van der Waals surface area contributed by atoms with Crippen molar-refractivity contribution in [2.24, 2.45) is 11.3 Å². The summed E-state index contributed by atoms with van der Waals surface area (Å²) in [5.74, 6) is 0.307. The van der Waals surface area contributed by atoms with Gasteiger partial charge in [-0.3, -0.25) is 4.79 Å². The highest BCUT2D eigenvalue weighted by atomic mass is 16.2. The molecule has 17 heavy (non-hydrogen) atoms. The quantitative estimate of drug-likeness (QED) is 0.846. The van der Waals surface area contributed by atoms with Crippen molar-refractivity contribution in [2.45, 2.75) is 26.7 Å². The normalized spacial score (nSPS) is 26.8. The van der Waals surface area contributed by atoms with Crippen LogP contribution in [-0.4, -0.2) is 5.91 Å². The molecule has 0 spiro atoms. The molecule has 0 unspecified atom stereocenters. The van der Waals surface area contributed by atoms with Gasteiger partial charge in [0.15, 0.2) is 0 Å². The van der Waals surface area contributed by atoms with E-state index in [-0.39, 0.29) is 5.91 Å². The Balaban J connectivity index is 2.10. The Morgan fingerprint density at radius 2 is 2.24 bits per heavy atom. The number of nitrogens with zero attached hydrogens (tertiary/aromatic N) is 1. The van der Waals surface area contributed by atoms with Gasteiger partial charge in [0.25, 0.3) is 0 Å². The van der Waals surface area contributed by atoms with Crippen LogP contribution in [0, 0.1) is 29.6 Å². The Labute approximate surface area is 101 Å². The number of rotatable bonds is 2. The van der Waals surface area contributed by atoms with Crippen LogP contribution < -0.4 is 5.32 Å². The molecule has 0 atom stereocenters. The smallest absolute Gasteiger partial charge is 0.244 e. The second-order valence-electron chi connectivity index (χ2n) is 5.03. The fourth-order valence-corrected chi connectivity index (χ4v) is 2.43. The summed E-state index contributed by atoms with van der Waals surface area (Å²) < 4.78 is 0. The number of nitrogens with one attached hydrogen (secondary N) is 1. The van der Waals surface area contributed by atoms with Gasteiger partial charge in [-0.2, -0.15) is 5.26 Å². The monoisotopic (exact) mass is 228 g/mol. The van der Waals surface area contributed by atoms with Crippen LogP contribution in [0.3, 0.4) is 0 Å². The predicted molar refractivity (Wildman–Crippen MR) is 66.3 cm³/mol. The summed E-state index contributed by atoms with van der Waals surface area (Å²) >= 11 is 0. The number of carbonyl (C=O) groups is 1. The first-order valence-corrected chi connectivity index (χ1v) is 5.85. The van der Waals surface area contributed by atoms with Gasteiger partial charge in [-0.05, 0) is 43.4 Å². The Kier molecular flexibility index (Phi) is 2.89. The van der Waals surface area contributed by atoms with Gasteiger partial charge in [-0.1, -0.05) is 19.1 Å². The molecular weight excluding hydrogens is 212 g/mol. The number of carbonyl (C=O) groups excluding carboxylic acids is 1. The van der Waals surface area contributed by atoms with Gasteiger partial charge in [0.05, 0.1) is 6.07 Å². The van der Waals surface area contributed by atoms with Gasteiger partial charge in [-0.15, -0.1) is 0 Å². The minimum atomic E-state index is -0.802. The van der Waals surface area contributed by atoms with E-state index in [1.165, 1.54) is 0 Å². The SMILES string of the molecule is Cc1cccc(NC(=O)C2(C#N)CC(C)C2)c1. The molecule has 0 aliphatic heterocycles. The van der Waals surface area contributed by atoms with Crippen LogP contribution in [-0.2, 0) is 4.79 Å². The molecule has 1 fully saturated rings. The zero-order valence-corrected chi connectivity index (χ0v) is 10.2. The highest BCUT2D eigenvalue weighted by molar-refractivity contribution is 5.98. The molecule has 3 heteroatoms. The largest absolute Gasteiger partial charge is 0.325 e. The summed E-state index contributed by atoms with van der Waals surface area (Å²) in [6, 6.07) is 9.79. The highest BCUT2D eigenvalue weighted by Gasteiger charge is 2.48. The average molecular weight is 228 g/mol. The lowest BCUT2D eigenvalue weighted by molar-refractivity contribution is -0.128. The Morgan fingerprint density at radius 1 is 1.53 bits per heavy atom. The molecule has 2 rings (SSSR count). The lowest BCUT2D eigenvalue weighted by atomic mass is 9.63. The van der Waals surface area contributed by atoms with Crippen LogP contribution in [0.5, 0.6) is 0 Å².